The first kappa shape index (κ1) is 27.0. The van der Waals surface area contributed by atoms with Gasteiger partial charge in [0.15, 0.2) is 17.2 Å². The number of pyridine rings is 1. The summed E-state index contributed by atoms with van der Waals surface area (Å²) in [5, 5.41) is 9.25. The lowest BCUT2D eigenvalue weighted by Crippen LogP contribution is -2.47. The standard InChI is InChI=1S/C21H18F7N3O5/c1-8-13(10-3-4-11(22)14(23)15(10)35-19(24)25)16(36-20(8,2)21(26,27)28)18(33)30-9-5-6-31(34)12(7-9)17(29)32/h3-8,13,16,19,34H,1-2H3,(H2,29,32)/t8-,13-,16-,20-/m1/s1. The quantitative estimate of drug-likeness (QED) is 0.459. The predicted octanol–water partition coefficient (Wildman–Crippen LogP) is 3.27. The molecule has 1 aromatic carbocycles. The molecule has 0 unspecified atom stereocenters. The van der Waals surface area contributed by atoms with Gasteiger partial charge in [-0.05, 0) is 25.1 Å². The van der Waals surface area contributed by atoms with Gasteiger partial charge in [0.05, 0.1) is 5.36 Å². The predicted molar refractivity (Wildman–Crippen MR) is 105 cm³/mol. The number of benzene rings is 1. The van der Waals surface area contributed by atoms with Crippen molar-refractivity contribution in [3.8, 4) is 5.75 Å². The summed E-state index contributed by atoms with van der Waals surface area (Å²) in [6.45, 7) is -2.08. The van der Waals surface area contributed by atoms with E-state index < -0.39 is 76.8 Å². The zero-order valence-electron chi connectivity index (χ0n) is 18.4. The van der Waals surface area contributed by atoms with E-state index in [-0.39, 0.29) is 5.36 Å². The Morgan fingerprint density at radius 2 is 1.89 bits per heavy atom. The van der Waals surface area contributed by atoms with Crippen LogP contribution in [0.4, 0.5) is 30.7 Å². The van der Waals surface area contributed by atoms with Gasteiger partial charge in [-0.2, -0.15) is 31.1 Å². The van der Waals surface area contributed by atoms with Crippen LogP contribution in [0.25, 0.3) is 0 Å². The molecule has 36 heavy (non-hydrogen) atoms. The van der Waals surface area contributed by atoms with Crippen LogP contribution >= 0.6 is 0 Å². The van der Waals surface area contributed by atoms with E-state index in [0.29, 0.717) is 23.8 Å². The van der Waals surface area contributed by atoms with Crippen LogP contribution in [-0.4, -0.2) is 46.2 Å². The molecule has 3 rings (SSSR count). The maximum Gasteiger partial charge on any atom is 0.417 e. The Labute approximate surface area is 197 Å². The second-order valence-electron chi connectivity index (χ2n) is 8.04. The van der Waals surface area contributed by atoms with E-state index in [2.05, 4.69) is 9.73 Å². The Kier molecular flexibility index (Phi) is 7.08. The van der Waals surface area contributed by atoms with Gasteiger partial charge in [-0.15, -0.1) is 0 Å². The number of halogens is 7. The van der Waals surface area contributed by atoms with Gasteiger partial charge in [-0.1, -0.05) is 13.0 Å². The number of carbonyl (C=O) groups excluding carboxylic acids is 2. The molecule has 15 heteroatoms. The van der Waals surface area contributed by atoms with Gasteiger partial charge in [-0.3, -0.25) is 9.59 Å². The van der Waals surface area contributed by atoms with Gasteiger partial charge in [0.2, 0.25) is 5.82 Å². The Morgan fingerprint density at radius 1 is 1.25 bits per heavy atom. The van der Waals surface area contributed by atoms with Crippen LogP contribution in [0.5, 0.6) is 5.75 Å². The fourth-order valence-electron chi connectivity index (χ4n) is 3.95. The summed E-state index contributed by atoms with van der Waals surface area (Å²) in [4.78, 5) is 28.0. The molecule has 1 aliphatic rings. The number of primary amides is 1. The SMILES string of the molecule is C[C@@H]1[C@H](c2ccc(F)c(F)c2OC(F)F)[C@H](C(=O)N=c2ccn(O)c(C(N)=O)c2)O[C@@]1(C)C(F)(F)F. The number of nitrogens with two attached hydrogens (primary N) is 1. The largest absolute Gasteiger partial charge is 0.431 e. The molecule has 0 bridgehead atoms. The van der Waals surface area contributed by atoms with Crippen molar-refractivity contribution >= 4 is 11.8 Å². The summed E-state index contributed by atoms with van der Waals surface area (Å²) in [7, 11) is 0. The molecule has 3 N–H and O–H groups in total. The molecule has 1 aliphatic heterocycles. The molecule has 4 atom stereocenters. The number of aromatic nitrogens is 1. The van der Waals surface area contributed by atoms with Crippen molar-refractivity contribution in [2.45, 2.75) is 44.3 Å². The number of ether oxygens (including phenoxy) is 2. The maximum atomic E-state index is 14.4. The van der Waals surface area contributed by atoms with Crippen LogP contribution in [0, 0.1) is 17.6 Å². The fraction of sp³-hybridized carbons (Fsp3) is 0.381. The molecule has 2 heterocycles. The van der Waals surface area contributed by atoms with Crippen LogP contribution in [-0.2, 0) is 9.53 Å². The lowest BCUT2D eigenvalue weighted by Gasteiger charge is -2.32. The van der Waals surface area contributed by atoms with E-state index >= 15 is 0 Å². The molecule has 0 aliphatic carbocycles. The highest BCUT2D eigenvalue weighted by Crippen LogP contribution is 2.55. The summed E-state index contributed by atoms with van der Waals surface area (Å²) in [5.41, 5.74) is 0.832. The van der Waals surface area contributed by atoms with Crippen molar-refractivity contribution in [1.82, 2.24) is 4.73 Å². The highest BCUT2D eigenvalue weighted by molar-refractivity contribution is 5.91. The number of nitrogens with zero attached hydrogens (tertiary/aromatic N) is 2. The first-order chi connectivity index (χ1) is 16.6. The summed E-state index contributed by atoms with van der Waals surface area (Å²) < 4.78 is 105. The Morgan fingerprint density at radius 3 is 2.44 bits per heavy atom. The third kappa shape index (κ3) is 4.74. The number of carbonyl (C=O) groups is 2. The molecule has 0 saturated carbocycles. The van der Waals surface area contributed by atoms with Gasteiger partial charge < -0.3 is 20.4 Å². The summed E-state index contributed by atoms with van der Waals surface area (Å²) in [6.07, 6.45) is -6.35. The molecular weight excluding hydrogens is 507 g/mol. The lowest BCUT2D eigenvalue weighted by atomic mass is 9.77. The number of hydrogen-bond donors (Lipinski definition) is 2. The van der Waals surface area contributed by atoms with Gasteiger partial charge in [0.1, 0.15) is 11.8 Å². The molecule has 0 spiro atoms. The fourth-order valence-corrected chi connectivity index (χ4v) is 3.95. The lowest BCUT2D eigenvalue weighted by molar-refractivity contribution is -0.272. The zero-order chi connectivity index (χ0) is 27.2. The minimum atomic E-state index is -5.09. The van der Waals surface area contributed by atoms with Crippen molar-refractivity contribution in [1.29, 1.82) is 0 Å². The molecule has 1 fully saturated rings. The highest BCUT2D eigenvalue weighted by Gasteiger charge is 2.66. The molecule has 1 aromatic heterocycles. The van der Waals surface area contributed by atoms with Crippen molar-refractivity contribution in [3.05, 3.63) is 58.7 Å². The molecule has 0 radical (unpaired) electrons. The maximum absolute atomic E-state index is 14.4. The molecule has 2 aromatic rings. The monoisotopic (exact) mass is 525 g/mol. The normalized spacial score (nSPS) is 24.8. The van der Waals surface area contributed by atoms with Gasteiger partial charge in [-0.25, -0.2) is 9.38 Å². The topological polar surface area (TPSA) is 116 Å². The number of hydrogen-bond acceptors (Lipinski definition) is 5. The Bertz CT molecular complexity index is 1260. The van der Waals surface area contributed by atoms with Gasteiger partial charge in [0.25, 0.3) is 11.8 Å². The molecular formula is C21H18F7N3O5. The summed E-state index contributed by atoms with van der Waals surface area (Å²) in [6, 6.07) is 3.04. The van der Waals surface area contributed by atoms with Gasteiger partial charge >= 0.3 is 12.8 Å². The Balaban J connectivity index is 2.20. The Hall–Kier alpha value is -3.62. The third-order valence-corrected chi connectivity index (χ3v) is 5.97. The van der Waals surface area contributed by atoms with Crippen LogP contribution in [0.3, 0.4) is 0 Å². The summed E-state index contributed by atoms with van der Waals surface area (Å²) in [5.74, 6) is -10.9. The molecule has 2 amide bonds. The minimum Gasteiger partial charge on any atom is -0.431 e. The van der Waals surface area contributed by atoms with E-state index in [1.807, 2.05) is 0 Å². The smallest absolute Gasteiger partial charge is 0.417 e. The molecule has 8 nitrogen and oxygen atoms in total. The second-order valence-corrected chi connectivity index (χ2v) is 8.04. The van der Waals surface area contributed by atoms with E-state index in [4.69, 9.17) is 10.5 Å². The second kappa shape index (κ2) is 9.44. The van der Waals surface area contributed by atoms with Crippen molar-refractivity contribution < 1.29 is 55.0 Å². The van der Waals surface area contributed by atoms with E-state index in [1.165, 1.54) is 0 Å². The summed E-state index contributed by atoms with van der Waals surface area (Å²) >= 11 is 0. The average Bonchev–Trinajstić information content (AvgIpc) is 3.04. The van der Waals surface area contributed by atoms with Crippen molar-refractivity contribution in [3.63, 3.8) is 0 Å². The van der Waals surface area contributed by atoms with Crippen LogP contribution < -0.4 is 15.8 Å². The third-order valence-electron chi connectivity index (χ3n) is 5.97. The van der Waals surface area contributed by atoms with E-state index in [1.54, 1.807) is 0 Å². The average molecular weight is 525 g/mol. The van der Waals surface area contributed by atoms with Crippen molar-refractivity contribution in [2.75, 3.05) is 0 Å². The van der Waals surface area contributed by atoms with Crippen molar-refractivity contribution in [2.24, 2.45) is 16.6 Å². The highest BCUT2D eigenvalue weighted by atomic mass is 19.4. The zero-order valence-corrected chi connectivity index (χ0v) is 18.4. The molecule has 1 saturated heterocycles. The van der Waals surface area contributed by atoms with Crippen LogP contribution in [0.1, 0.15) is 35.8 Å². The molecule has 196 valence electrons. The van der Waals surface area contributed by atoms with Gasteiger partial charge in [0, 0.05) is 23.6 Å². The number of amides is 2. The first-order valence-corrected chi connectivity index (χ1v) is 10.1. The number of rotatable bonds is 5. The number of alkyl halides is 5. The van der Waals surface area contributed by atoms with E-state index in [0.717, 1.165) is 25.3 Å². The van der Waals surface area contributed by atoms with Crippen LogP contribution in [0.2, 0.25) is 0 Å². The first-order valence-electron chi connectivity index (χ1n) is 10.1. The van der Waals surface area contributed by atoms with E-state index in [9.17, 15) is 45.5 Å². The van der Waals surface area contributed by atoms with Crippen LogP contribution in [0.15, 0.2) is 35.5 Å². The minimum absolute atomic E-state index is 0.304.